The highest BCUT2D eigenvalue weighted by molar-refractivity contribution is 7.86. The Morgan fingerprint density at radius 2 is 0.933 bits per heavy atom. The summed E-state index contributed by atoms with van der Waals surface area (Å²) in [6, 6.07) is 30.1. The molecule has 0 N–H and O–H groups in total. The van der Waals surface area contributed by atoms with Gasteiger partial charge in [-0.25, -0.2) is 0 Å². The molecule has 0 saturated heterocycles. The fourth-order valence-corrected chi connectivity index (χ4v) is 6.56. The zero-order chi connectivity index (χ0) is 32.1. The molecule has 0 aliphatic heterocycles. The third kappa shape index (κ3) is 13.8. The van der Waals surface area contributed by atoms with Crippen LogP contribution in [0.3, 0.4) is 0 Å². The van der Waals surface area contributed by atoms with Gasteiger partial charge in [0.15, 0.2) is 0 Å². The monoisotopic (exact) mass is 636 g/mol. The summed E-state index contributed by atoms with van der Waals surface area (Å²) in [7, 11) is -3.72. The average molecular weight is 637 g/mol. The van der Waals surface area contributed by atoms with Crippen LogP contribution in [0.1, 0.15) is 114 Å². The largest absolute Gasteiger partial charge is 0.379 e. The van der Waals surface area contributed by atoms with E-state index in [-0.39, 0.29) is 13.2 Å². The first-order chi connectivity index (χ1) is 22.0. The highest BCUT2D eigenvalue weighted by Gasteiger charge is 2.38. The van der Waals surface area contributed by atoms with Gasteiger partial charge in [0.05, 0.1) is 19.5 Å². The van der Waals surface area contributed by atoms with Crippen molar-refractivity contribution < 1.29 is 22.1 Å². The van der Waals surface area contributed by atoms with Crippen LogP contribution in [0.5, 0.6) is 0 Å². The zero-order valence-electron chi connectivity index (χ0n) is 27.7. The second-order valence-corrected chi connectivity index (χ2v) is 13.8. The molecule has 3 rings (SSSR count). The first kappa shape index (κ1) is 37.0. The van der Waals surface area contributed by atoms with Crippen LogP contribution in [-0.4, -0.2) is 40.6 Å². The molecular weight excluding hydrogens is 580 g/mol. The second kappa shape index (κ2) is 21.3. The van der Waals surface area contributed by atoms with Gasteiger partial charge in [-0.15, -0.1) is 0 Å². The molecule has 0 heterocycles. The van der Waals surface area contributed by atoms with Gasteiger partial charge in [0.2, 0.25) is 0 Å². The Balaban J connectivity index is 1.50. The lowest BCUT2D eigenvalue weighted by molar-refractivity contribution is -0.0533. The van der Waals surface area contributed by atoms with E-state index in [9.17, 15) is 8.42 Å². The van der Waals surface area contributed by atoms with Crippen LogP contribution in [-0.2, 0) is 29.4 Å². The number of rotatable bonds is 25. The third-order valence-electron chi connectivity index (χ3n) is 8.28. The lowest BCUT2D eigenvalue weighted by atomic mass is 9.80. The Morgan fingerprint density at radius 3 is 1.31 bits per heavy atom. The molecule has 0 spiro atoms. The Bertz CT molecular complexity index is 1150. The van der Waals surface area contributed by atoms with Crippen molar-refractivity contribution in [2.24, 2.45) is 0 Å². The van der Waals surface area contributed by atoms with Gasteiger partial charge in [0.1, 0.15) is 11.7 Å². The van der Waals surface area contributed by atoms with Crippen molar-refractivity contribution in [1.29, 1.82) is 0 Å². The van der Waals surface area contributed by atoms with E-state index in [1.165, 1.54) is 77.0 Å². The van der Waals surface area contributed by atoms with Crippen molar-refractivity contribution >= 4 is 10.1 Å². The van der Waals surface area contributed by atoms with E-state index in [0.29, 0.717) is 6.61 Å². The van der Waals surface area contributed by atoms with E-state index in [0.717, 1.165) is 35.8 Å². The fraction of sp³-hybridized carbons (Fsp3) is 0.538. The van der Waals surface area contributed by atoms with E-state index < -0.39 is 21.8 Å². The van der Waals surface area contributed by atoms with E-state index in [1.807, 2.05) is 91.0 Å². The molecule has 0 bridgehead atoms. The predicted octanol–water partition coefficient (Wildman–Crippen LogP) is 9.84. The highest BCUT2D eigenvalue weighted by Crippen LogP contribution is 2.40. The summed E-state index contributed by atoms with van der Waals surface area (Å²) in [6.45, 7) is 3.01. The van der Waals surface area contributed by atoms with Gasteiger partial charge < -0.3 is 9.47 Å². The quantitative estimate of drug-likeness (QED) is 0.0526. The van der Waals surface area contributed by atoms with Gasteiger partial charge in [-0.05, 0) is 23.1 Å². The second-order valence-electron chi connectivity index (χ2n) is 12.2. The summed E-state index contributed by atoms with van der Waals surface area (Å²) in [5.41, 5.74) is 1.88. The van der Waals surface area contributed by atoms with Crippen LogP contribution in [0.4, 0.5) is 0 Å². The van der Waals surface area contributed by atoms with Gasteiger partial charge in [-0.2, -0.15) is 8.42 Å². The number of benzene rings is 3. The van der Waals surface area contributed by atoms with Crippen molar-refractivity contribution in [2.45, 2.75) is 109 Å². The van der Waals surface area contributed by atoms with Gasteiger partial charge in [0, 0.05) is 6.61 Å². The summed E-state index contributed by atoms with van der Waals surface area (Å²) in [5, 5.41) is 0. The molecule has 1 unspecified atom stereocenters. The summed E-state index contributed by atoms with van der Waals surface area (Å²) in [6.07, 6.45) is 18.5. The number of hydrogen-bond donors (Lipinski definition) is 0. The van der Waals surface area contributed by atoms with Gasteiger partial charge in [0.25, 0.3) is 10.1 Å². The maximum absolute atomic E-state index is 12.2. The summed E-state index contributed by atoms with van der Waals surface area (Å²) < 4.78 is 42.7. The Hall–Kier alpha value is -2.51. The van der Waals surface area contributed by atoms with Crippen LogP contribution < -0.4 is 0 Å². The van der Waals surface area contributed by atoms with Crippen LogP contribution >= 0.6 is 0 Å². The van der Waals surface area contributed by atoms with Gasteiger partial charge in [-0.1, -0.05) is 181 Å². The Morgan fingerprint density at radius 1 is 0.556 bits per heavy atom. The minimum Gasteiger partial charge on any atom is -0.379 e. The molecule has 6 heteroatoms. The van der Waals surface area contributed by atoms with Crippen molar-refractivity contribution in [3.05, 3.63) is 108 Å². The molecule has 0 saturated carbocycles. The molecule has 0 aliphatic rings. The molecule has 0 aromatic heterocycles. The van der Waals surface area contributed by atoms with Crippen molar-refractivity contribution in [2.75, 3.05) is 26.1 Å². The fourth-order valence-electron chi connectivity index (χ4n) is 5.95. The molecule has 0 aliphatic carbocycles. The summed E-state index contributed by atoms with van der Waals surface area (Å²) >= 11 is 0. The molecule has 5 nitrogen and oxygen atoms in total. The van der Waals surface area contributed by atoms with Gasteiger partial charge >= 0.3 is 0 Å². The number of ether oxygens (including phenoxy) is 2. The number of hydrogen-bond acceptors (Lipinski definition) is 5. The van der Waals surface area contributed by atoms with E-state index in [1.54, 1.807) is 0 Å². The van der Waals surface area contributed by atoms with Crippen LogP contribution in [0.25, 0.3) is 0 Å². The zero-order valence-corrected chi connectivity index (χ0v) is 28.5. The molecule has 0 amide bonds. The molecular formula is C39H56O5S. The Labute approximate surface area is 273 Å². The third-order valence-corrected chi connectivity index (χ3v) is 8.91. The lowest BCUT2D eigenvalue weighted by Crippen LogP contribution is -2.38. The Kier molecular flexibility index (Phi) is 17.5. The minimum atomic E-state index is -3.72. The molecule has 1 atom stereocenters. The van der Waals surface area contributed by atoms with E-state index in [2.05, 4.69) is 6.92 Å². The average Bonchev–Trinajstić information content (AvgIpc) is 3.05. The number of unbranched alkanes of at least 4 members (excludes halogenated alkanes) is 13. The topological polar surface area (TPSA) is 61.8 Å². The normalized spacial score (nSPS) is 12.8. The van der Waals surface area contributed by atoms with Crippen molar-refractivity contribution in [1.82, 2.24) is 0 Å². The molecule has 3 aromatic rings. The molecule has 0 radical (unpaired) electrons. The standard InChI is InChI=1S/C39H56O5S/c1-3-4-5-6-7-8-9-10-11-12-13-14-15-25-32-42-33-38(44-45(2,40)41)34-43-39(35-26-19-16-20-27-35,36-28-21-17-22-29-36)37-30-23-18-24-31-37/h16-24,26-31,38H,3-15,25,32-34H2,1-2H3. The van der Waals surface area contributed by atoms with E-state index in [4.69, 9.17) is 13.7 Å². The maximum Gasteiger partial charge on any atom is 0.264 e. The smallest absolute Gasteiger partial charge is 0.264 e. The molecule has 45 heavy (non-hydrogen) atoms. The van der Waals surface area contributed by atoms with Crippen LogP contribution in [0.2, 0.25) is 0 Å². The SMILES string of the molecule is CCCCCCCCCCCCCCCCOCC(COC(c1ccccc1)(c1ccccc1)c1ccccc1)OS(C)(=O)=O. The summed E-state index contributed by atoms with van der Waals surface area (Å²) in [4.78, 5) is 0. The van der Waals surface area contributed by atoms with Crippen molar-refractivity contribution in [3.63, 3.8) is 0 Å². The molecule has 0 fully saturated rings. The van der Waals surface area contributed by atoms with Crippen LogP contribution in [0, 0.1) is 0 Å². The van der Waals surface area contributed by atoms with Gasteiger partial charge in [-0.3, -0.25) is 4.18 Å². The first-order valence-corrected chi connectivity index (χ1v) is 19.0. The lowest BCUT2D eigenvalue weighted by Gasteiger charge is -2.37. The maximum atomic E-state index is 12.2. The molecule has 3 aromatic carbocycles. The summed E-state index contributed by atoms with van der Waals surface area (Å²) in [5.74, 6) is 0. The highest BCUT2D eigenvalue weighted by atomic mass is 32.2. The van der Waals surface area contributed by atoms with Crippen molar-refractivity contribution in [3.8, 4) is 0 Å². The predicted molar refractivity (Wildman–Crippen MR) is 186 cm³/mol. The first-order valence-electron chi connectivity index (χ1n) is 17.2. The molecule has 248 valence electrons. The van der Waals surface area contributed by atoms with Crippen LogP contribution in [0.15, 0.2) is 91.0 Å². The van der Waals surface area contributed by atoms with E-state index >= 15 is 0 Å². The minimum absolute atomic E-state index is 0.0322.